The van der Waals surface area contributed by atoms with E-state index in [0.29, 0.717) is 12.3 Å². The number of likely N-dealkylation sites (tertiary alicyclic amines) is 1. The van der Waals surface area contributed by atoms with Gasteiger partial charge in [0.2, 0.25) is 0 Å². The van der Waals surface area contributed by atoms with Gasteiger partial charge in [0.05, 0.1) is 18.3 Å². The molecule has 118 valence electrons. The molecule has 1 saturated heterocycles. The maximum Gasteiger partial charge on any atom is 0.270 e. The summed E-state index contributed by atoms with van der Waals surface area (Å²) in [5.41, 5.74) is 1.76. The highest BCUT2D eigenvalue weighted by Crippen LogP contribution is 2.26. The summed E-state index contributed by atoms with van der Waals surface area (Å²) in [7, 11) is 1.90. The minimum absolute atomic E-state index is 0.0427. The number of carbonyl (C=O) groups excluding carboxylic acids is 1. The number of H-pyrrole nitrogens is 1. The molecule has 1 aliphatic heterocycles. The molecule has 0 unspecified atom stereocenters. The van der Waals surface area contributed by atoms with Crippen molar-refractivity contribution in [2.24, 2.45) is 7.05 Å². The third kappa shape index (κ3) is 2.92. The Hall–Kier alpha value is -2.08. The molecular weight excluding hydrogens is 280 g/mol. The molecule has 6 heteroatoms. The Kier molecular flexibility index (Phi) is 4.29. The van der Waals surface area contributed by atoms with Crippen LogP contribution in [-0.4, -0.2) is 50.9 Å². The van der Waals surface area contributed by atoms with Crippen LogP contribution in [-0.2, 0) is 18.2 Å². The lowest BCUT2D eigenvalue weighted by Gasteiger charge is -2.27. The van der Waals surface area contributed by atoms with Crippen LogP contribution >= 0.6 is 0 Å². The van der Waals surface area contributed by atoms with Crippen LogP contribution in [0.4, 0.5) is 0 Å². The highest BCUT2D eigenvalue weighted by molar-refractivity contribution is 5.92. The SMILES string of the molecule is CCO[C@@H]1CCN(C(=O)c2ccc[nH]2)[C@@H]1Cc1cnn(C)c1. The second-order valence-corrected chi connectivity index (χ2v) is 5.66. The number of carbonyl (C=O) groups is 1. The zero-order valence-corrected chi connectivity index (χ0v) is 13.0. The highest BCUT2D eigenvalue weighted by atomic mass is 16.5. The Morgan fingerprint density at radius 3 is 3.05 bits per heavy atom. The largest absolute Gasteiger partial charge is 0.376 e. The molecule has 1 aliphatic rings. The first-order valence-electron chi connectivity index (χ1n) is 7.72. The maximum absolute atomic E-state index is 12.7. The van der Waals surface area contributed by atoms with E-state index in [-0.39, 0.29) is 18.1 Å². The number of amides is 1. The summed E-state index contributed by atoms with van der Waals surface area (Å²) in [6.07, 6.45) is 7.37. The van der Waals surface area contributed by atoms with Crippen molar-refractivity contribution in [1.82, 2.24) is 19.7 Å². The van der Waals surface area contributed by atoms with Crippen LogP contribution in [0.2, 0.25) is 0 Å². The minimum Gasteiger partial charge on any atom is -0.376 e. The lowest BCUT2D eigenvalue weighted by atomic mass is 10.0. The highest BCUT2D eigenvalue weighted by Gasteiger charge is 2.38. The van der Waals surface area contributed by atoms with Crippen LogP contribution in [0.15, 0.2) is 30.7 Å². The van der Waals surface area contributed by atoms with Crippen LogP contribution in [0.1, 0.15) is 29.4 Å². The lowest BCUT2D eigenvalue weighted by molar-refractivity contribution is 0.0310. The van der Waals surface area contributed by atoms with Crippen molar-refractivity contribution in [1.29, 1.82) is 0 Å². The number of aromatic amines is 1. The molecule has 0 radical (unpaired) electrons. The molecule has 2 atom stereocenters. The first-order valence-corrected chi connectivity index (χ1v) is 7.72. The van der Waals surface area contributed by atoms with Crippen molar-refractivity contribution in [3.8, 4) is 0 Å². The van der Waals surface area contributed by atoms with Crippen LogP contribution in [0.3, 0.4) is 0 Å². The number of nitrogens with zero attached hydrogens (tertiary/aromatic N) is 3. The van der Waals surface area contributed by atoms with Crippen molar-refractivity contribution in [3.63, 3.8) is 0 Å². The Bertz CT molecular complexity index is 620. The molecule has 1 amide bonds. The smallest absolute Gasteiger partial charge is 0.270 e. The van der Waals surface area contributed by atoms with Gasteiger partial charge in [-0.25, -0.2) is 0 Å². The van der Waals surface area contributed by atoms with Gasteiger partial charge in [-0.2, -0.15) is 5.10 Å². The number of aryl methyl sites for hydroxylation is 1. The van der Waals surface area contributed by atoms with Crippen molar-refractivity contribution in [3.05, 3.63) is 42.0 Å². The second-order valence-electron chi connectivity index (χ2n) is 5.66. The molecule has 0 saturated carbocycles. The van der Waals surface area contributed by atoms with E-state index in [9.17, 15) is 4.79 Å². The molecule has 0 spiro atoms. The van der Waals surface area contributed by atoms with E-state index in [1.807, 2.05) is 43.4 Å². The van der Waals surface area contributed by atoms with Gasteiger partial charge < -0.3 is 14.6 Å². The molecule has 0 aliphatic carbocycles. The number of hydrogen-bond donors (Lipinski definition) is 1. The van der Waals surface area contributed by atoms with Crippen LogP contribution in [0, 0.1) is 0 Å². The van der Waals surface area contributed by atoms with Gasteiger partial charge in [-0.05, 0) is 37.5 Å². The minimum atomic E-state index is 0.0427. The summed E-state index contributed by atoms with van der Waals surface area (Å²) >= 11 is 0. The third-order valence-corrected chi connectivity index (χ3v) is 4.16. The van der Waals surface area contributed by atoms with Crippen molar-refractivity contribution < 1.29 is 9.53 Å². The van der Waals surface area contributed by atoms with Crippen molar-refractivity contribution >= 4 is 5.91 Å². The number of aromatic nitrogens is 3. The fourth-order valence-electron chi connectivity index (χ4n) is 3.16. The molecule has 2 aromatic rings. The Morgan fingerprint density at radius 2 is 2.41 bits per heavy atom. The molecular formula is C16H22N4O2. The Balaban J connectivity index is 1.80. The maximum atomic E-state index is 12.7. The summed E-state index contributed by atoms with van der Waals surface area (Å²) in [4.78, 5) is 17.6. The van der Waals surface area contributed by atoms with E-state index in [4.69, 9.17) is 4.74 Å². The van der Waals surface area contributed by atoms with Crippen LogP contribution in [0.5, 0.6) is 0 Å². The zero-order chi connectivity index (χ0) is 15.5. The first kappa shape index (κ1) is 14.8. The molecule has 0 bridgehead atoms. The topological polar surface area (TPSA) is 63.1 Å². The predicted octanol–water partition coefficient (Wildman–Crippen LogP) is 1.61. The second kappa shape index (κ2) is 6.36. The molecule has 1 fully saturated rings. The summed E-state index contributed by atoms with van der Waals surface area (Å²) in [6.45, 7) is 3.39. The number of nitrogens with one attached hydrogen (secondary N) is 1. The average molecular weight is 302 g/mol. The third-order valence-electron chi connectivity index (χ3n) is 4.16. The van der Waals surface area contributed by atoms with Crippen molar-refractivity contribution in [2.75, 3.05) is 13.2 Å². The van der Waals surface area contributed by atoms with Gasteiger partial charge in [0, 0.05) is 32.6 Å². The van der Waals surface area contributed by atoms with Gasteiger partial charge in [0.1, 0.15) is 5.69 Å². The molecule has 0 aromatic carbocycles. The van der Waals surface area contributed by atoms with E-state index >= 15 is 0 Å². The fourth-order valence-corrected chi connectivity index (χ4v) is 3.16. The predicted molar refractivity (Wildman–Crippen MR) is 82.6 cm³/mol. The van der Waals surface area contributed by atoms with Gasteiger partial charge in [-0.3, -0.25) is 9.48 Å². The van der Waals surface area contributed by atoms with Gasteiger partial charge in [0.25, 0.3) is 5.91 Å². The Labute approximate surface area is 130 Å². The standard InChI is InChI=1S/C16H22N4O2/c1-3-22-15-6-8-20(16(21)13-5-4-7-17-13)14(15)9-12-10-18-19(2)11-12/h4-5,7,10-11,14-15,17H,3,6,8-9H2,1-2H3/t14-,15-/m1/s1. The fraction of sp³-hybridized carbons (Fsp3) is 0.500. The first-order chi connectivity index (χ1) is 10.7. The quantitative estimate of drug-likeness (QED) is 0.912. The normalized spacial score (nSPS) is 21.5. The molecule has 1 N–H and O–H groups in total. The lowest BCUT2D eigenvalue weighted by Crippen LogP contribution is -2.42. The van der Waals surface area contributed by atoms with Crippen molar-refractivity contribution in [2.45, 2.75) is 31.9 Å². The monoisotopic (exact) mass is 302 g/mol. The number of rotatable bonds is 5. The number of ether oxygens (including phenoxy) is 1. The van der Waals surface area contributed by atoms with E-state index in [1.165, 1.54) is 0 Å². The van der Waals surface area contributed by atoms with E-state index in [1.54, 1.807) is 10.9 Å². The molecule has 3 heterocycles. The summed E-state index contributed by atoms with van der Waals surface area (Å²) < 4.78 is 7.65. The summed E-state index contributed by atoms with van der Waals surface area (Å²) in [6, 6.07) is 3.72. The van der Waals surface area contributed by atoms with Gasteiger partial charge >= 0.3 is 0 Å². The summed E-state index contributed by atoms with van der Waals surface area (Å²) in [5, 5.41) is 4.22. The van der Waals surface area contributed by atoms with Gasteiger partial charge in [-0.15, -0.1) is 0 Å². The molecule has 3 rings (SSSR count). The van der Waals surface area contributed by atoms with Gasteiger partial charge in [-0.1, -0.05) is 0 Å². The zero-order valence-electron chi connectivity index (χ0n) is 13.0. The van der Waals surface area contributed by atoms with E-state index in [2.05, 4.69) is 10.1 Å². The van der Waals surface area contributed by atoms with Crippen LogP contribution < -0.4 is 0 Å². The number of hydrogen-bond acceptors (Lipinski definition) is 3. The average Bonchev–Trinajstić information content (AvgIpc) is 3.22. The summed E-state index contributed by atoms with van der Waals surface area (Å²) in [5.74, 6) is 0.0427. The molecule has 2 aromatic heterocycles. The Morgan fingerprint density at radius 1 is 1.55 bits per heavy atom. The van der Waals surface area contributed by atoms with Gasteiger partial charge in [0.15, 0.2) is 0 Å². The van der Waals surface area contributed by atoms with Crippen LogP contribution in [0.25, 0.3) is 0 Å². The van der Waals surface area contributed by atoms with E-state index < -0.39 is 0 Å². The van der Waals surface area contributed by atoms with E-state index in [0.717, 1.165) is 24.9 Å². The molecule has 22 heavy (non-hydrogen) atoms. The molecule has 6 nitrogen and oxygen atoms in total.